The molecule has 94 valence electrons. The normalized spacial score (nSPS) is 18.1. The fourth-order valence-corrected chi connectivity index (χ4v) is 3.00. The van der Waals surface area contributed by atoms with Crippen LogP contribution in [0.5, 0.6) is 0 Å². The Morgan fingerprint density at radius 3 is 2.47 bits per heavy atom. The minimum Gasteiger partial charge on any atom is -0.477 e. The largest absolute Gasteiger partial charge is 0.477 e. The predicted octanol–water partition coefficient (Wildman–Crippen LogP) is 2.55. The van der Waals surface area contributed by atoms with E-state index >= 15 is 0 Å². The van der Waals surface area contributed by atoms with Crippen molar-refractivity contribution < 1.29 is 9.90 Å². The van der Waals surface area contributed by atoms with Crippen LogP contribution in [0.4, 0.5) is 0 Å². The Morgan fingerprint density at radius 2 is 2.12 bits per heavy atom. The molecule has 3 N–H and O–H groups in total. The van der Waals surface area contributed by atoms with Crippen molar-refractivity contribution in [2.24, 2.45) is 11.7 Å². The van der Waals surface area contributed by atoms with E-state index < -0.39 is 5.97 Å². The first kappa shape index (κ1) is 12.5. The summed E-state index contributed by atoms with van der Waals surface area (Å²) in [6.45, 7) is 5.92. The lowest BCUT2D eigenvalue weighted by Crippen LogP contribution is -2.17. The second-order valence-electron chi connectivity index (χ2n) is 5.65. The van der Waals surface area contributed by atoms with Gasteiger partial charge in [-0.15, -0.1) is 11.3 Å². The molecule has 1 aromatic rings. The van der Waals surface area contributed by atoms with Crippen molar-refractivity contribution in [1.82, 2.24) is 4.98 Å². The van der Waals surface area contributed by atoms with Gasteiger partial charge < -0.3 is 10.8 Å². The Balaban J connectivity index is 2.40. The zero-order valence-electron chi connectivity index (χ0n) is 10.4. The number of carboxylic acids is 1. The van der Waals surface area contributed by atoms with Crippen molar-refractivity contribution in [3.8, 4) is 0 Å². The molecule has 0 aromatic carbocycles. The maximum absolute atomic E-state index is 11.2. The fraction of sp³-hybridized carbons (Fsp3) is 0.667. The Kier molecular flexibility index (Phi) is 2.99. The number of nitrogens with two attached hydrogens (primary N) is 1. The van der Waals surface area contributed by atoms with Gasteiger partial charge in [-0.2, -0.15) is 0 Å². The summed E-state index contributed by atoms with van der Waals surface area (Å²) >= 11 is 1.24. The second-order valence-corrected chi connectivity index (χ2v) is 6.68. The quantitative estimate of drug-likeness (QED) is 0.869. The molecule has 1 heterocycles. The highest BCUT2D eigenvalue weighted by Crippen LogP contribution is 2.42. The Hall–Kier alpha value is -0.940. The molecule has 17 heavy (non-hydrogen) atoms. The molecule has 1 saturated carbocycles. The molecule has 1 unspecified atom stereocenters. The number of thiazole rings is 1. The van der Waals surface area contributed by atoms with E-state index in [1.54, 1.807) is 0 Å². The van der Waals surface area contributed by atoms with E-state index in [4.69, 9.17) is 5.73 Å². The summed E-state index contributed by atoms with van der Waals surface area (Å²) in [5.74, 6) is -0.405. The van der Waals surface area contributed by atoms with Gasteiger partial charge in [-0.1, -0.05) is 20.8 Å². The minimum atomic E-state index is -0.901. The summed E-state index contributed by atoms with van der Waals surface area (Å²) in [4.78, 5) is 16.0. The molecule has 1 aliphatic rings. The Labute approximate surface area is 105 Å². The molecule has 5 heteroatoms. The third-order valence-corrected chi connectivity index (χ3v) is 4.11. The molecule has 0 spiro atoms. The molecule has 0 saturated heterocycles. The van der Waals surface area contributed by atoms with Crippen molar-refractivity contribution in [3.63, 3.8) is 0 Å². The minimum absolute atomic E-state index is 0.0887. The van der Waals surface area contributed by atoms with E-state index in [-0.39, 0.29) is 11.5 Å². The van der Waals surface area contributed by atoms with E-state index in [0.717, 1.165) is 17.8 Å². The first-order valence-electron chi connectivity index (χ1n) is 5.81. The van der Waals surface area contributed by atoms with Gasteiger partial charge in [0, 0.05) is 5.41 Å². The number of nitrogens with zero attached hydrogens (tertiary/aromatic N) is 1. The van der Waals surface area contributed by atoms with Gasteiger partial charge in [-0.3, -0.25) is 0 Å². The molecule has 1 fully saturated rings. The third-order valence-electron chi connectivity index (χ3n) is 2.96. The number of carboxylic acid groups (broad SMARTS) is 1. The summed E-state index contributed by atoms with van der Waals surface area (Å²) in [6, 6.07) is -0.0887. The van der Waals surface area contributed by atoms with Crippen LogP contribution in [0.1, 0.15) is 60.0 Å². The highest BCUT2D eigenvalue weighted by atomic mass is 32.1. The van der Waals surface area contributed by atoms with E-state index in [1.165, 1.54) is 11.3 Å². The zero-order chi connectivity index (χ0) is 12.8. The van der Waals surface area contributed by atoms with Crippen LogP contribution >= 0.6 is 11.3 Å². The Bertz CT molecular complexity index is 444. The van der Waals surface area contributed by atoms with Gasteiger partial charge in [-0.05, 0) is 18.8 Å². The average molecular weight is 254 g/mol. The predicted molar refractivity (Wildman–Crippen MR) is 67.4 cm³/mol. The molecule has 1 aromatic heterocycles. The van der Waals surface area contributed by atoms with Crippen molar-refractivity contribution in [1.29, 1.82) is 0 Å². The summed E-state index contributed by atoms with van der Waals surface area (Å²) < 4.78 is 0. The molecule has 1 atom stereocenters. The molecule has 2 rings (SSSR count). The van der Waals surface area contributed by atoms with Gasteiger partial charge in [0.05, 0.1) is 11.7 Å². The third kappa shape index (κ3) is 2.50. The number of carbonyl (C=O) groups is 1. The number of hydrogen-bond donors (Lipinski definition) is 2. The molecule has 0 amide bonds. The van der Waals surface area contributed by atoms with Crippen LogP contribution in [-0.2, 0) is 5.41 Å². The van der Waals surface area contributed by atoms with Gasteiger partial charge in [0.15, 0.2) is 0 Å². The number of aromatic nitrogens is 1. The van der Waals surface area contributed by atoms with Crippen LogP contribution in [0, 0.1) is 5.92 Å². The van der Waals surface area contributed by atoms with Crippen molar-refractivity contribution >= 4 is 17.3 Å². The average Bonchev–Trinajstić information content (AvgIpc) is 2.92. The monoisotopic (exact) mass is 254 g/mol. The molecular formula is C12H18N2O2S. The van der Waals surface area contributed by atoms with E-state index in [2.05, 4.69) is 4.98 Å². The summed E-state index contributed by atoms with van der Waals surface area (Å²) in [6.07, 6.45) is 2.27. The Morgan fingerprint density at radius 1 is 1.53 bits per heavy atom. The molecule has 4 nitrogen and oxygen atoms in total. The van der Waals surface area contributed by atoms with Gasteiger partial charge in [-0.25, -0.2) is 9.78 Å². The van der Waals surface area contributed by atoms with E-state index in [0.29, 0.717) is 16.5 Å². The maximum atomic E-state index is 11.2. The molecule has 0 aliphatic heterocycles. The smallest absolute Gasteiger partial charge is 0.347 e. The topological polar surface area (TPSA) is 76.2 Å². The summed E-state index contributed by atoms with van der Waals surface area (Å²) in [7, 11) is 0. The van der Waals surface area contributed by atoms with Gasteiger partial charge in [0.2, 0.25) is 0 Å². The van der Waals surface area contributed by atoms with Crippen LogP contribution in [-0.4, -0.2) is 16.1 Å². The second kappa shape index (κ2) is 4.07. The highest BCUT2D eigenvalue weighted by molar-refractivity contribution is 7.13. The van der Waals surface area contributed by atoms with Crippen LogP contribution in [0.15, 0.2) is 0 Å². The molecular weight excluding hydrogens is 236 g/mol. The first-order chi connectivity index (χ1) is 7.80. The van der Waals surface area contributed by atoms with Crippen molar-refractivity contribution in [3.05, 3.63) is 15.6 Å². The lowest BCUT2D eigenvalue weighted by molar-refractivity contribution is 0.0699. The zero-order valence-corrected chi connectivity index (χ0v) is 11.2. The van der Waals surface area contributed by atoms with Gasteiger partial charge >= 0.3 is 5.97 Å². The summed E-state index contributed by atoms with van der Waals surface area (Å²) in [5, 5.41) is 9.98. The maximum Gasteiger partial charge on any atom is 0.347 e. The van der Waals surface area contributed by atoms with Crippen LogP contribution < -0.4 is 5.73 Å². The lowest BCUT2D eigenvalue weighted by Gasteiger charge is -2.16. The molecule has 0 radical (unpaired) electrons. The first-order valence-corrected chi connectivity index (χ1v) is 6.62. The highest BCUT2D eigenvalue weighted by Gasteiger charge is 2.34. The van der Waals surface area contributed by atoms with Gasteiger partial charge in [0.1, 0.15) is 9.88 Å². The van der Waals surface area contributed by atoms with E-state index in [1.807, 2.05) is 20.8 Å². The number of aromatic carboxylic acids is 1. The lowest BCUT2D eigenvalue weighted by atomic mass is 9.91. The van der Waals surface area contributed by atoms with Crippen molar-refractivity contribution in [2.45, 2.75) is 45.1 Å². The molecule has 0 bridgehead atoms. The van der Waals surface area contributed by atoms with Crippen molar-refractivity contribution in [2.75, 3.05) is 0 Å². The van der Waals surface area contributed by atoms with E-state index in [9.17, 15) is 9.90 Å². The van der Waals surface area contributed by atoms with Crippen LogP contribution in [0.2, 0.25) is 0 Å². The fourth-order valence-electron chi connectivity index (χ4n) is 1.79. The number of rotatable bonds is 3. The van der Waals surface area contributed by atoms with Crippen LogP contribution in [0.3, 0.4) is 0 Å². The summed E-state index contributed by atoms with van der Waals surface area (Å²) in [5.41, 5.74) is 6.48. The van der Waals surface area contributed by atoms with Crippen LogP contribution in [0.25, 0.3) is 0 Å². The van der Waals surface area contributed by atoms with Gasteiger partial charge in [0.25, 0.3) is 0 Å². The SMILES string of the molecule is CC(C)(C)c1nc(C(N)C2CC2)sc1C(=O)O. The number of hydrogen-bond acceptors (Lipinski definition) is 4. The standard InChI is InChI=1S/C12H18N2O2S/c1-12(2,3)9-8(11(15)16)17-10(14-9)7(13)6-4-5-6/h6-7H,4-5,13H2,1-3H3,(H,15,16). The molecule has 1 aliphatic carbocycles.